The van der Waals surface area contributed by atoms with Crippen molar-refractivity contribution in [2.45, 2.75) is 37.8 Å². The van der Waals surface area contributed by atoms with Gasteiger partial charge in [0.25, 0.3) is 5.91 Å². The molecule has 156 valence electrons. The van der Waals surface area contributed by atoms with Crippen LogP contribution in [0, 0.1) is 0 Å². The van der Waals surface area contributed by atoms with Gasteiger partial charge in [0.05, 0.1) is 12.0 Å². The maximum atomic E-state index is 12.9. The summed E-state index contributed by atoms with van der Waals surface area (Å²) in [7, 11) is 0. The Hall–Kier alpha value is -2.96. The molecule has 1 atom stereocenters. The first kappa shape index (κ1) is 20.3. The summed E-state index contributed by atoms with van der Waals surface area (Å²) >= 11 is 0. The Morgan fingerprint density at radius 1 is 1.20 bits per heavy atom. The van der Waals surface area contributed by atoms with Gasteiger partial charge in [0.15, 0.2) is 5.78 Å². The molecule has 2 heterocycles. The van der Waals surface area contributed by atoms with Crippen LogP contribution in [-0.2, 0) is 4.79 Å². The monoisotopic (exact) mass is 406 g/mol. The number of nitrogens with zero attached hydrogens (tertiary/aromatic N) is 1. The second kappa shape index (κ2) is 8.42. The minimum Gasteiger partial charge on any atom is -0.486 e. The molecule has 0 saturated carbocycles. The average Bonchev–Trinajstić information content (AvgIpc) is 2.78. The predicted molar refractivity (Wildman–Crippen MR) is 113 cm³/mol. The Labute approximate surface area is 176 Å². The lowest BCUT2D eigenvalue weighted by atomic mass is 9.81. The van der Waals surface area contributed by atoms with Gasteiger partial charge in [-0.1, -0.05) is 36.4 Å². The average molecular weight is 406 g/mol. The Balaban J connectivity index is 1.45. The zero-order valence-electron chi connectivity index (χ0n) is 17.0. The zero-order valence-corrected chi connectivity index (χ0v) is 17.0. The lowest BCUT2D eigenvalue weighted by molar-refractivity contribution is -0.124. The molecule has 2 aliphatic heterocycles. The molecule has 1 spiro atoms. The lowest BCUT2D eigenvalue weighted by Crippen LogP contribution is -2.51. The SMILES string of the molecule is CC(c1ccccc1)N1CCC2(CC1)CC(=O)c1cc(/C=C/C(=O)NO)ccc1O2. The van der Waals surface area contributed by atoms with Crippen LogP contribution in [0.15, 0.2) is 54.6 Å². The van der Waals surface area contributed by atoms with Crippen molar-refractivity contribution in [1.29, 1.82) is 0 Å². The molecule has 4 rings (SSSR count). The van der Waals surface area contributed by atoms with Crippen molar-refractivity contribution in [3.8, 4) is 5.75 Å². The van der Waals surface area contributed by atoms with Crippen molar-refractivity contribution < 1.29 is 19.5 Å². The molecule has 0 aromatic heterocycles. The number of carbonyl (C=O) groups excluding carboxylic acids is 2. The Morgan fingerprint density at radius 3 is 2.63 bits per heavy atom. The second-order valence-electron chi connectivity index (χ2n) is 8.07. The number of nitrogens with one attached hydrogen (secondary N) is 1. The van der Waals surface area contributed by atoms with Crippen LogP contribution in [0.3, 0.4) is 0 Å². The molecule has 1 fully saturated rings. The first-order chi connectivity index (χ1) is 14.5. The van der Waals surface area contributed by atoms with Gasteiger partial charge < -0.3 is 4.74 Å². The van der Waals surface area contributed by atoms with Crippen LogP contribution in [0.5, 0.6) is 5.75 Å². The molecule has 1 saturated heterocycles. The van der Waals surface area contributed by atoms with Gasteiger partial charge in [-0.05, 0) is 36.3 Å². The largest absolute Gasteiger partial charge is 0.486 e. The number of rotatable bonds is 4. The molecular formula is C24H26N2O4. The van der Waals surface area contributed by atoms with Gasteiger partial charge >= 0.3 is 0 Å². The molecular weight excluding hydrogens is 380 g/mol. The van der Waals surface area contributed by atoms with E-state index in [1.807, 2.05) is 6.07 Å². The van der Waals surface area contributed by atoms with Crippen molar-refractivity contribution in [3.05, 3.63) is 71.3 Å². The summed E-state index contributed by atoms with van der Waals surface area (Å²) < 4.78 is 6.38. The number of ketones is 1. The molecule has 0 radical (unpaired) electrons. The molecule has 2 N–H and O–H groups in total. The Morgan fingerprint density at radius 2 is 1.93 bits per heavy atom. The molecule has 1 amide bonds. The van der Waals surface area contributed by atoms with Crippen LogP contribution in [-0.4, -0.2) is 40.5 Å². The molecule has 6 heteroatoms. The van der Waals surface area contributed by atoms with Crippen LogP contribution in [0.1, 0.15) is 53.7 Å². The fraction of sp³-hybridized carbons (Fsp3) is 0.333. The summed E-state index contributed by atoms with van der Waals surface area (Å²) in [6, 6.07) is 16.1. The summed E-state index contributed by atoms with van der Waals surface area (Å²) in [6.45, 7) is 3.99. The van der Waals surface area contributed by atoms with Crippen LogP contribution in [0.25, 0.3) is 6.08 Å². The number of carbonyl (C=O) groups is 2. The smallest absolute Gasteiger partial charge is 0.267 e. The van der Waals surface area contributed by atoms with E-state index in [0.29, 0.717) is 29.3 Å². The molecule has 2 aromatic rings. The topological polar surface area (TPSA) is 78.9 Å². The van der Waals surface area contributed by atoms with Crippen molar-refractivity contribution in [3.63, 3.8) is 0 Å². The van der Waals surface area contributed by atoms with E-state index in [-0.39, 0.29) is 5.78 Å². The molecule has 2 aromatic carbocycles. The van der Waals surface area contributed by atoms with Gasteiger partial charge in [-0.3, -0.25) is 19.7 Å². The first-order valence-electron chi connectivity index (χ1n) is 10.3. The fourth-order valence-electron chi connectivity index (χ4n) is 4.36. The number of hydroxylamine groups is 1. The van der Waals surface area contributed by atoms with E-state index >= 15 is 0 Å². The van der Waals surface area contributed by atoms with Crippen molar-refractivity contribution >= 4 is 17.8 Å². The molecule has 0 bridgehead atoms. The van der Waals surface area contributed by atoms with E-state index in [4.69, 9.17) is 9.94 Å². The van der Waals surface area contributed by atoms with Crippen LogP contribution in [0.2, 0.25) is 0 Å². The number of likely N-dealkylation sites (tertiary alicyclic amines) is 1. The number of hydrogen-bond donors (Lipinski definition) is 2. The maximum Gasteiger partial charge on any atom is 0.267 e. The fourth-order valence-corrected chi connectivity index (χ4v) is 4.36. The molecule has 6 nitrogen and oxygen atoms in total. The third-order valence-electron chi connectivity index (χ3n) is 6.19. The number of hydrogen-bond acceptors (Lipinski definition) is 5. The summed E-state index contributed by atoms with van der Waals surface area (Å²) in [5, 5.41) is 8.58. The van der Waals surface area contributed by atoms with E-state index in [2.05, 4.69) is 36.1 Å². The second-order valence-corrected chi connectivity index (χ2v) is 8.07. The molecule has 30 heavy (non-hydrogen) atoms. The molecule has 1 unspecified atom stereocenters. The number of Topliss-reactive ketones (excluding diaryl/α,β-unsaturated/α-hetero) is 1. The first-order valence-corrected chi connectivity index (χ1v) is 10.3. The van der Waals surface area contributed by atoms with Crippen LogP contribution < -0.4 is 10.2 Å². The number of amides is 1. The highest BCUT2D eigenvalue weighted by molar-refractivity contribution is 6.01. The number of benzene rings is 2. The van der Waals surface area contributed by atoms with E-state index in [0.717, 1.165) is 25.9 Å². The van der Waals surface area contributed by atoms with Gasteiger partial charge in [-0.15, -0.1) is 0 Å². The summed E-state index contributed by atoms with van der Waals surface area (Å²) in [5.74, 6) is 0.0629. The maximum absolute atomic E-state index is 12.9. The van der Waals surface area contributed by atoms with Crippen LogP contribution >= 0.6 is 0 Å². The van der Waals surface area contributed by atoms with Gasteiger partial charge in [0.2, 0.25) is 0 Å². The molecule has 0 aliphatic carbocycles. The zero-order chi connectivity index (χ0) is 21.1. The van der Waals surface area contributed by atoms with E-state index in [9.17, 15) is 9.59 Å². The van der Waals surface area contributed by atoms with Gasteiger partial charge in [-0.25, -0.2) is 5.48 Å². The van der Waals surface area contributed by atoms with E-state index < -0.39 is 11.5 Å². The third kappa shape index (κ3) is 4.15. The van der Waals surface area contributed by atoms with Crippen molar-refractivity contribution in [2.75, 3.05) is 13.1 Å². The van der Waals surface area contributed by atoms with Gasteiger partial charge in [0, 0.05) is 38.0 Å². The van der Waals surface area contributed by atoms with Crippen molar-refractivity contribution in [2.24, 2.45) is 0 Å². The van der Waals surface area contributed by atoms with Crippen molar-refractivity contribution in [1.82, 2.24) is 10.4 Å². The predicted octanol–water partition coefficient (Wildman–Crippen LogP) is 3.77. The highest BCUT2D eigenvalue weighted by atomic mass is 16.5. The standard InChI is InChI=1S/C24H26N2O4/c1-17(19-5-3-2-4-6-19)26-13-11-24(12-14-26)16-21(27)20-15-18(7-9-22(20)30-24)8-10-23(28)25-29/h2-10,15,17,29H,11-14,16H2,1H3,(H,25,28)/b10-8+. The minimum absolute atomic E-state index is 0.0719. The lowest BCUT2D eigenvalue weighted by Gasteiger charge is -2.45. The summed E-state index contributed by atoms with van der Waals surface area (Å²) in [6.07, 6.45) is 4.76. The number of fused-ring (bicyclic) bond motifs is 1. The Bertz CT molecular complexity index is 962. The summed E-state index contributed by atoms with van der Waals surface area (Å²) in [4.78, 5) is 26.5. The number of piperidine rings is 1. The third-order valence-corrected chi connectivity index (χ3v) is 6.19. The summed E-state index contributed by atoms with van der Waals surface area (Å²) in [5.41, 5.74) is 3.66. The van der Waals surface area contributed by atoms with Gasteiger partial charge in [0.1, 0.15) is 11.4 Å². The normalized spacial score (nSPS) is 19.3. The Kier molecular flexibility index (Phi) is 5.70. The molecule has 2 aliphatic rings. The number of ether oxygens (including phenoxy) is 1. The highest BCUT2D eigenvalue weighted by Gasteiger charge is 2.43. The minimum atomic E-state index is -0.620. The van der Waals surface area contributed by atoms with E-state index in [1.54, 1.807) is 29.8 Å². The van der Waals surface area contributed by atoms with Crippen LogP contribution in [0.4, 0.5) is 0 Å². The highest BCUT2D eigenvalue weighted by Crippen LogP contribution is 2.41. The van der Waals surface area contributed by atoms with Gasteiger partial charge in [-0.2, -0.15) is 0 Å². The van der Waals surface area contributed by atoms with E-state index in [1.165, 1.54) is 11.6 Å². The quantitative estimate of drug-likeness (QED) is 0.459.